The monoisotopic (exact) mass is 1020 g/mol. The fraction of sp³-hybridized carbons (Fsp3) is 0.746. The standard InChI is InChI=1S/C67H116O6/c1-4-7-10-13-16-19-22-25-27-29-31-33-35-37-39-42-45-48-51-54-57-60-66(69)72-63-64(62-71-65(68)59-56-53-50-47-44-41-24-21-18-15-12-9-6-3)73-67(70)61-58-55-52-49-46-43-40-38-36-34-32-30-28-26-23-20-17-14-11-8-5-2/h7,10,12,15-16,19,21,24-25,27,30-33,64H,4-6,8-9,11,13-14,17-18,20,22-23,26,28-29,34-63H2,1-3H3/b10-7-,15-12-,19-16-,24-21-,27-25-,32-30-,33-31-. The van der Waals surface area contributed by atoms with Gasteiger partial charge in [0.15, 0.2) is 6.10 Å². The first-order valence-electron chi connectivity index (χ1n) is 31.1. The predicted octanol–water partition coefficient (Wildman–Crippen LogP) is 21.1. The molecule has 0 aliphatic carbocycles. The highest BCUT2D eigenvalue weighted by Crippen LogP contribution is 2.16. The summed E-state index contributed by atoms with van der Waals surface area (Å²) in [6.45, 7) is 6.47. The van der Waals surface area contributed by atoms with Crippen molar-refractivity contribution in [3.8, 4) is 0 Å². The summed E-state index contributed by atoms with van der Waals surface area (Å²) in [5.74, 6) is -0.899. The van der Waals surface area contributed by atoms with E-state index in [2.05, 4.69) is 106 Å². The summed E-state index contributed by atoms with van der Waals surface area (Å²) in [6, 6.07) is 0. The molecule has 0 aliphatic heterocycles. The number of rotatable bonds is 56. The molecule has 1 atom stereocenters. The van der Waals surface area contributed by atoms with Crippen molar-refractivity contribution in [1.82, 2.24) is 0 Å². The SMILES string of the molecule is CC/C=C\C/C=C\C/C=C\C/C=C\CCCCCCCCCCC(=O)OCC(COC(=O)CCCCCCC/C=C\C/C=C\CCC)OC(=O)CCCCCCCCCCC/C=C\CCCCCCCCCC. The van der Waals surface area contributed by atoms with Gasteiger partial charge in [0.05, 0.1) is 0 Å². The number of carbonyl (C=O) groups excluding carboxylic acids is 3. The Labute approximate surface area is 452 Å². The molecule has 0 amide bonds. The molecule has 1 unspecified atom stereocenters. The zero-order chi connectivity index (χ0) is 52.9. The van der Waals surface area contributed by atoms with E-state index in [-0.39, 0.29) is 31.1 Å². The number of carbonyl (C=O) groups is 3. The number of hydrogen-bond acceptors (Lipinski definition) is 6. The Morgan fingerprint density at radius 3 is 0.904 bits per heavy atom. The van der Waals surface area contributed by atoms with E-state index in [0.29, 0.717) is 19.3 Å². The molecule has 0 fully saturated rings. The van der Waals surface area contributed by atoms with E-state index in [1.807, 2.05) is 0 Å². The van der Waals surface area contributed by atoms with E-state index in [4.69, 9.17) is 14.2 Å². The van der Waals surface area contributed by atoms with Crippen molar-refractivity contribution in [2.45, 2.75) is 309 Å². The van der Waals surface area contributed by atoms with Crippen molar-refractivity contribution in [2.75, 3.05) is 13.2 Å². The fourth-order valence-corrected chi connectivity index (χ4v) is 8.70. The fourth-order valence-electron chi connectivity index (χ4n) is 8.70. The molecule has 0 aliphatic rings. The molecule has 0 N–H and O–H groups in total. The lowest BCUT2D eigenvalue weighted by atomic mass is 10.1. The summed E-state index contributed by atoms with van der Waals surface area (Å²) in [5, 5.41) is 0. The molecule has 0 rings (SSSR count). The van der Waals surface area contributed by atoms with Gasteiger partial charge in [-0.05, 0) is 109 Å². The van der Waals surface area contributed by atoms with Crippen LogP contribution in [0.1, 0.15) is 303 Å². The first-order chi connectivity index (χ1) is 36.0. The molecule has 0 saturated heterocycles. The number of allylic oxidation sites excluding steroid dienone is 14. The summed E-state index contributed by atoms with van der Waals surface area (Å²) in [5.41, 5.74) is 0. The zero-order valence-corrected chi connectivity index (χ0v) is 48.1. The highest BCUT2D eigenvalue weighted by Gasteiger charge is 2.19. The van der Waals surface area contributed by atoms with E-state index >= 15 is 0 Å². The Bertz CT molecular complexity index is 1400. The minimum absolute atomic E-state index is 0.0855. The molecule has 0 spiro atoms. The van der Waals surface area contributed by atoms with Crippen molar-refractivity contribution in [3.63, 3.8) is 0 Å². The maximum absolute atomic E-state index is 12.9. The molecule has 0 aromatic carbocycles. The number of unbranched alkanes of at least 4 members (excludes halogenated alkanes) is 31. The minimum atomic E-state index is -0.788. The molecule has 0 bridgehead atoms. The van der Waals surface area contributed by atoms with Crippen LogP contribution in [-0.4, -0.2) is 37.2 Å². The molecule has 0 saturated carbocycles. The van der Waals surface area contributed by atoms with Crippen LogP contribution < -0.4 is 0 Å². The Kier molecular flexibility index (Phi) is 58.3. The Morgan fingerprint density at radius 2 is 0.562 bits per heavy atom. The molecular weight excluding hydrogens is 901 g/mol. The van der Waals surface area contributed by atoms with Gasteiger partial charge >= 0.3 is 17.9 Å². The molecule has 73 heavy (non-hydrogen) atoms. The topological polar surface area (TPSA) is 78.9 Å². The van der Waals surface area contributed by atoms with Gasteiger partial charge in [-0.2, -0.15) is 0 Å². The molecule has 0 aromatic rings. The van der Waals surface area contributed by atoms with Crippen molar-refractivity contribution in [3.05, 3.63) is 85.1 Å². The van der Waals surface area contributed by atoms with Gasteiger partial charge in [-0.3, -0.25) is 14.4 Å². The van der Waals surface area contributed by atoms with Crippen molar-refractivity contribution < 1.29 is 28.6 Å². The first kappa shape index (κ1) is 69.6. The third-order valence-electron chi connectivity index (χ3n) is 13.3. The lowest BCUT2D eigenvalue weighted by Gasteiger charge is -2.18. The van der Waals surface area contributed by atoms with Gasteiger partial charge in [0.1, 0.15) is 13.2 Å². The maximum Gasteiger partial charge on any atom is 0.306 e. The quantitative estimate of drug-likeness (QED) is 0.0261. The summed E-state index contributed by atoms with van der Waals surface area (Å²) in [7, 11) is 0. The van der Waals surface area contributed by atoms with Gasteiger partial charge in [0.25, 0.3) is 0 Å². The summed E-state index contributed by atoms with van der Waals surface area (Å²) in [6.07, 6.45) is 80.1. The van der Waals surface area contributed by atoms with Crippen LogP contribution >= 0.6 is 0 Å². The maximum atomic E-state index is 12.9. The van der Waals surface area contributed by atoms with E-state index in [1.165, 1.54) is 141 Å². The van der Waals surface area contributed by atoms with E-state index in [0.717, 1.165) is 122 Å². The lowest BCUT2D eigenvalue weighted by molar-refractivity contribution is -0.167. The molecule has 0 radical (unpaired) electrons. The highest BCUT2D eigenvalue weighted by atomic mass is 16.6. The highest BCUT2D eigenvalue weighted by molar-refractivity contribution is 5.71. The number of esters is 3. The van der Waals surface area contributed by atoms with Gasteiger partial charge in [0.2, 0.25) is 0 Å². The minimum Gasteiger partial charge on any atom is -0.462 e. The summed E-state index contributed by atoms with van der Waals surface area (Å²) in [4.78, 5) is 38.3. The molecule has 0 aromatic heterocycles. The van der Waals surface area contributed by atoms with Crippen LogP contribution in [0.5, 0.6) is 0 Å². The summed E-state index contributed by atoms with van der Waals surface area (Å²) >= 11 is 0. The number of ether oxygens (including phenoxy) is 3. The third-order valence-corrected chi connectivity index (χ3v) is 13.3. The van der Waals surface area contributed by atoms with E-state index in [1.54, 1.807) is 0 Å². The Hall–Kier alpha value is -3.41. The normalized spacial score (nSPS) is 12.6. The summed E-state index contributed by atoms with van der Waals surface area (Å²) < 4.78 is 16.9. The average Bonchev–Trinajstić information content (AvgIpc) is 3.39. The second-order valence-electron chi connectivity index (χ2n) is 20.6. The van der Waals surface area contributed by atoms with E-state index in [9.17, 15) is 14.4 Å². The molecule has 420 valence electrons. The van der Waals surface area contributed by atoms with Crippen LogP contribution in [-0.2, 0) is 28.6 Å². The molecule has 0 heterocycles. The van der Waals surface area contributed by atoms with Crippen LogP contribution in [0.25, 0.3) is 0 Å². The lowest BCUT2D eigenvalue weighted by Crippen LogP contribution is -2.30. The largest absolute Gasteiger partial charge is 0.462 e. The van der Waals surface area contributed by atoms with Crippen LogP contribution in [0.4, 0.5) is 0 Å². The van der Waals surface area contributed by atoms with Crippen LogP contribution in [0, 0.1) is 0 Å². The Morgan fingerprint density at radius 1 is 0.288 bits per heavy atom. The van der Waals surface area contributed by atoms with Crippen molar-refractivity contribution in [1.29, 1.82) is 0 Å². The number of hydrogen-bond donors (Lipinski definition) is 0. The second-order valence-corrected chi connectivity index (χ2v) is 20.6. The smallest absolute Gasteiger partial charge is 0.306 e. The average molecular weight is 1020 g/mol. The van der Waals surface area contributed by atoms with Crippen molar-refractivity contribution >= 4 is 17.9 Å². The van der Waals surface area contributed by atoms with Crippen LogP contribution in [0.2, 0.25) is 0 Å². The van der Waals surface area contributed by atoms with Crippen LogP contribution in [0.15, 0.2) is 85.1 Å². The van der Waals surface area contributed by atoms with Gasteiger partial charge in [0, 0.05) is 19.3 Å². The predicted molar refractivity (Wildman–Crippen MR) is 316 cm³/mol. The van der Waals surface area contributed by atoms with Gasteiger partial charge in [-0.25, -0.2) is 0 Å². The van der Waals surface area contributed by atoms with Crippen LogP contribution in [0.3, 0.4) is 0 Å². The first-order valence-corrected chi connectivity index (χ1v) is 31.1. The van der Waals surface area contributed by atoms with E-state index < -0.39 is 6.10 Å². The zero-order valence-electron chi connectivity index (χ0n) is 48.1. The second kappa shape index (κ2) is 61.1. The van der Waals surface area contributed by atoms with Gasteiger partial charge in [-0.15, -0.1) is 0 Å². The molecule has 6 heteroatoms. The van der Waals surface area contributed by atoms with Crippen molar-refractivity contribution in [2.24, 2.45) is 0 Å². The van der Waals surface area contributed by atoms with Gasteiger partial charge < -0.3 is 14.2 Å². The van der Waals surface area contributed by atoms with Gasteiger partial charge in [-0.1, -0.05) is 260 Å². The molecule has 6 nitrogen and oxygen atoms in total. The molecular formula is C67H116O6. The Balaban J connectivity index is 4.36. The third kappa shape index (κ3) is 59.3.